The van der Waals surface area contributed by atoms with E-state index in [0.717, 1.165) is 29.1 Å². The van der Waals surface area contributed by atoms with E-state index in [1.165, 1.54) is 0 Å². The normalized spacial score (nSPS) is 12.2. The van der Waals surface area contributed by atoms with Gasteiger partial charge in [0.15, 0.2) is 0 Å². The second-order valence-electron chi connectivity index (χ2n) is 4.67. The molecule has 0 saturated heterocycles. The van der Waals surface area contributed by atoms with Crippen LogP contribution in [0.25, 0.3) is 0 Å². The van der Waals surface area contributed by atoms with Gasteiger partial charge in [-0.2, -0.15) is 5.10 Å². The minimum absolute atomic E-state index is 0.00982. The van der Waals surface area contributed by atoms with Gasteiger partial charge < -0.3 is 15.2 Å². The molecule has 5 nitrogen and oxygen atoms in total. The number of nitrogens with one attached hydrogen (secondary N) is 1. The van der Waals surface area contributed by atoms with E-state index < -0.39 is 0 Å². The van der Waals surface area contributed by atoms with Crippen molar-refractivity contribution in [3.63, 3.8) is 0 Å². The van der Waals surface area contributed by atoms with Gasteiger partial charge in [-0.3, -0.25) is 4.68 Å². The molecule has 5 heteroatoms. The summed E-state index contributed by atoms with van der Waals surface area (Å²) in [5.74, 6) is 0.786. The van der Waals surface area contributed by atoms with Crippen LogP contribution in [0.2, 0.25) is 0 Å². The summed E-state index contributed by atoms with van der Waals surface area (Å²) in [4.78, 5) is 0. The van der Waals surface area contributed by atoms with Gasteiger partial charge in [0.2, 0.25) is 0 Å². The zero-order valence-electron chi connectivity index (χ0n) is 12.1. The van der Waals surface area contributed by atoms with Crippen LogP contribution in [0.3, 0.4) is 0 Å². The second-order valence-corrected chi connectivity index (χ2v) is 4.67. The van der Waals surface area contributed by atoms with Crippen molar-refractivity contribution in [3.05, 3.63) is 41.7 Å². The van der Waals surface area contributed by atoms with Crippen molar-refractivity contribution < 1.29 is 9.84 Å². The van der Waals surface area contributed by atoms with Crippen LogP contribution in [-0.4, -0.2) is 28.6 Å². The lowest BCUT2D eigenvalue weighted by molar-refractivity contribution is 0.276. The van der Waals surface area contributed by atoms with Crippen molar-refractivity contribution in [2.75, 3.05) is 19.0 Å². The standard InChI is InChI=1S/C15H21N3O2/c1-4-14-13(9-18(2)17-14)15(10-19)16-11-6-5-7-12(8-11)20-3/h5-9,15-16,19H,4,10H2,1-3H3. The van der Waals surface area contributed by atoms with Crippen LogP contribution in [0.1, 0.15) is 24.2 Å². The topological polar surface area (TPSA) is 59.3 Å². The van der Waals surface area contributed by atoms with Gasteiger partial charge in [0.25, 0.3) is 0 Å². The molecule has 108 valence electrons. The van der Waals surface area contributed by atoms with Gasteiger partial charge in [0.05, 0.1) is 25.5 Å². The fourth-order valence-electron chi connectivity index (χ4n) is 2.25. The molecule has 0 aliphatic rings. The number of rotatable bonds is 6. The monoisotopic (exact) mass is 275 g/mol. The van der Waals surface area contributed by atoms with Crippen molar-refractivity contribution >= 4 is 5.69 Å². The molecular weight excluding hydrogens is 254 g/mol. The maximum absolute atomic E-state index is 9.67. The van der Waals surface area contributed by atoms with Crippen LogP contribution in [0.5, 0.6) is 5.75 Å². The number of nitrogens with zero attached hydrogens (tertiary/aromatic N) is 2. The lowest BCUT2D eigenvalue weighted by Crippen LogP contribution is -2.15. The van der Waals surface area contributed by atoms with E-state index in [4.69, 9.17) is 4.74 Å². The summed E-state index contributed by atoms with van der Waals surface area (Å²) in [5.41, 5.74) is 2.94. The number of aliphatic hydroxyl groups is 1. The Morgan fingerprint density at radius 2 is 2.25 bits per heavy atom. The van der Waals surface area contributed by atoms with E-state index >= 15 is 0 Å². The first kappa shape index (κ1) is 14.4. The second kappa shape index (κ2) is 6.43. The van der Waals surface area contributed by atoms with Crippen LogP contribution < -0.4 is 10.1 Å². The van der Waals surface area contributed by atoms with Crippen molar-refractivity contribution in [2.24, 2.45) is 7.05 Å². The minimum atomic E-state index is -0.175. The Labute approximate surface area is 119 Å². The summed E-state index contributed by atoms with van der Waals surface area (Å²) in [5, 5.41) is 17.4. The SMILES string of the molecule is CCc1nn(C)cc1C(CO)Nc1cccc(OC)c1. The van der Waals surface area contributed by atoms with E-state index in [2.05, 4.69) is 17.3 Å². The molecule has 0 spiro atoms. The van der Waals surface area contributed by atoms with Crippen molar-refractivity contribution in [1.29, 1.82) is 0 Å². The maximum atomic E-state index is 9.67. The van der Waals surface area contributed by atoms with E-state index in [1.54, 1.807) is 11.8 Å². The number of aromatic nitrogens is 2. The molecular formula is C15H21N3O2. The molecule has 20 heavy (non-hydrogen) atoms. The summed E-state index contributed by atoms with van der Waals surface area (Å²) >= 11 is 0. The van der Waals surface area contributed by atoms with Crippen molar-refractivity contribution in [1.82, 2.24) is 9.78 Å². The van der Waals surface area contributed by atoms with Gasteiger partial charge in [0, 0.05) is 30.6 Å². The third-order valence-electron chi connectivity index (χ3n) is 3.24. The number of hydrogen-bond acceptors (Lipinski definition) is 4. The Kier molecular flexibility index (Phi) is 4.63. The molecule has 2 N–H and O–H groups in total. The number of anilines is 1. The highest BCUT2D eigenvalue weighted by Gasteiger charge is 2.17. The molecule has 1 aromatic heterocycles. The fourth-order valence-corrected chi connectivity index (χ4v) is 2.25. The zero-order chi connectivity index (χ0) is 14.5. The molecule has 0 saturated carbocycles. The first-order chi connectivity index (χ1) is 9.67. The third-order valence-corrected chi connectivity index (χ3v) is 3.24. The predicted octanol–water partition coefficient (Wildman–Crippen LogP) is 2.14. The molecule has 1 aromatic carbocycles. The van der Waals surface area contributed by atoms with E-state index in [-0.39, 0.29) is 12.6 Å². The van der Waals surface area contributed by atoms with Crippen molar-refractivity contribution in [3.8, 4) is 5.75 Å². The Balaban J connectivity index is 2.23. The maximum Gasteiger partial charge on any atom is 0.120 e. The third kappa shape index (κ3) is 3.11. The van der Waals surface area contributed by atoms with Crippen LogP contribution >= 0.6 is 0 Å². The largest absolute Gasteiger partial charge is 0.497 e. The number of ether oxygens (including phenoxy) is 1. The van der Waals surface area contributed by atoms with E-state index in [9.17, 15) is 5.11 Å². The van der Waals surface area contributed by atoms with E-state index in [0.29, 0.717) is 0 Å². The van der Waals surface area contributed by atoms with Crippen LogP contribution in [0.4, 0.5) is 5.69 Å². The molecule has 0 fully saturated rings. The summed E-state index contributed by atoms with van der Waals surface area (Å²) in [6.07, 6.45) is 2.79. The van der Waals surface area contributed by atoms with Gasteiger partial charge in [-0.1, -0.05) is 13.0 Å². The Morgan fingerprint density at radius 3 is 2.90 bits per heavy atom. The lowest BCUT2D eigenvalue weighted by atomic mass is 10.1. The zero-order valence-corrected chi connectivity index (χ0v) is 12.1. The summed E-state index contributed by atoms with van der Waals surface area (Å²) < 4.78 is 6.99. The van der Waals surface area contributed by atoms with Gasteiger partial charge >= 0.3 is 0 Å². The average Bonchev–Trinajstić information content (AvgIpc) is 2.86. The smallest absolute Gasteiger partial charge is 0.120 e. The van der Waals surface area contributed by atoms with Crippen LogP contribution in [-0.2, 0) is 13.5 Å². The number of aliphatic hydroxyl groups excluding tert-OH is 1. The highest BCUT2D eigenvalue weighted by molar-refractivity contribution is 5.50. The van der Waals surface area contributed by atoms with Crippen LogP contribution in [0.15, 0.2) is 30.5 Å². The van der Waals surface area contributed by atoms with Gasteiger partial charge in [-0.25, -0.2) is 0 Å². The molecule has 1 atom stereocenters. The quantitative estimate of drug-likeness (QED) is 0.848. The molecule has 0 aliphatic carbocycles. The number of aryl methyl sites for hydroxylation is 2. The average molecular weight is 275 g/mol. The molecule has 2 rings (SSSR count). The number of benzene rings is 1. The number of hydrogen-bond donors (Lipinski definition) is 2. The predicted molar refractivity (Wildman–Crippen MR) is 79.0 cm³/mol. The molecule has 0 aliphatic heterocycles. The minimum Gasteiger partial charge on any atom is -0.497 e. The molecule has 0 amide bonds. The number of methoxy groups -OCH3 is 1. The van der Waals surface area contributed by atoms with Gasteiger partial charge in [0.1, 0.15) is 5.75 Å². The van der Waals surface area contributed by atoms with Gasteiger partial charge in [-0.05, 0) is 18.6 Å². The van der Waals surface area contributed by atoms with Crippen molar-refractivity contribution in [2.45, 2.75) is 19.4 Å². The Hall–Kier alpha value is -2.01. The summed E-state index contributed by atoms with van der Waals surface area (Å²) in [7, 11) is 3.53. The van der Waals surface area contributed by atoms with Gasteiger partial charge in [-0.15, -0.1) is 0 Å². The Morgan fingerprint density at radius 1 is 1.45 bits per heavy atom. The summed E-state index contributed by atoms with van der Waals surface area (Å²) in [6.45, 7) is 2.07. The lowest BCUT2D eigenvalue weighted by Gasteiger charge is -2.18. The molecule has 0 radical (unpaired) electrons. The molecule has 2 aromatic rings. The Bertz CT molecular complexity index is 566. The fraction of sp³-hybridized carbons (Fsp3) is 0.400. The first-order valence-corrected chi connectivity index (χ1v) is 6.71. The van der Waals surface area contributed by atoms with E-state index in [1.807, 2.05) is 37.5 Å². The summed E-state index contributed by atoms with van der Waals surface area (Å²) in [6, 6.07) is 7.49. The van der Waals surface area contributed by atoms with Crippen LogP contribution in [0, 0.1) is 0 Å². The molecule has 1 heterocycles. The molecule has 1 unspecified atom stereocenters. The molecule has 0 bridgehead atoms. The highest BCUT2D eigenvalue weighted by atomic mass is 16.5. The first-order valence-electron chi connectivity index (χ1n) is 6.71. The highest BCUT2D eigenvalue weighted by Crippen LogP contribution is 2.24.